The maximum absolute atomic E-state index is 11.5. The Balaban J connectivity index is 1.75. The normalized spacial score (nSPS) is 14.9. The standard InChI is InChI=1S/C12H19N3O/c1-9-3-4-10(2)15(9)14-8-12(16)13-7-11-5-6-11/h3-4,11,14H,5-8H2,1-2H3,(H,13,16). The monoisotopic (exact) mass is 221 g/mol. The van der Waals surface area contributed by atoms with E-state index < -0.39 is 0 Å². The lowest BCUT2D eigenvalue weighted by Gasteiger charge is -2.12. The van der Waals surface area contributed by atoms with Crippen LogP contribution < -0.4 is 10.7 Å². The van der Waals surface area contributed by atoms with E-state index in [-0.39, 0.29) is 5.91 Å². The van der Waals surface area contributed by atoms with Crippen molar-refractivity contribution in [1.82, 2.24) is 9.99 Å². The van der Waals surface area contributed by atoms with Crippen LogP contribution in [-0.2, 0) is 4.79 Å². The Morgan fingerprint density at radius 3 is 2.56 bits per heavy atom. The van der Waals surface area contributed by atoms with Crippen molar-refractivity contribution in [2.45, 2.75) is 26.7 Å². The molecule has 0 bridgehead atoms. The zero-order valence-corrected chi connectivity index (χ0v) is 9.92. The van der Waals surface area contributed by atoms with Crippen molar-refractivity contribution in [1.29, 1.82) is 0 Å². The minimum Gasteiger partial charge on any atom is -0.354 e. The highest BCUT2D eigenvalue weighted by molar-refractivity contribution is 5.79. The van der Waals surface area contributed by atoms with Crippen molar-refractivity contribution in [3.8, 4) is 0 Å². The van der Waals surface area contributed by atoms with Crippen LogP contribution in [0.5, 0.6) is 0 Å². The Hall–Kier alpha value is -1.45. The molecule has 0 spiro atoms. The predicted octanol–water partition coefficient (Wildman–Crippen LogP) is 1.17. The van der Waals surface area contributed by atoms with E-state index in [0.29, 0.717) is 6.54 Å². The van der Waals surface area contributed by atoms with Gasteiger partial charge in [-0.1, -0.05) is 0 Å². The highest BCUT2D eigenvalue weighted by Crippen LogP contribution is 2.27. The lowest BCUT2D eigenvalue weighted by atomic mass is 10.4. The van der Waals surface area contributed by atoms with Crippen molar-refractivity contribution in [3.63, 3.8) is 0 Å². The molecular weight excluding hydrogens is 202 g/mol. The number of nitrogens with zero attached hydrogens (tertiary/aromatic N) is 1. The molecule has 1 aliphatic carbocycles. The molecule has 4 nitrogen and oxygen atoms in total. The molecule has 1 amide bonds. The first kappa shape index (κ1) is 11.0. The maximum atomic E-state index is 11.5. The second-order valence-corrected chi connectivity index (χ2v) is 4.53. The van der Waals surface area contributed by atoms with E-state index in [1.807, 2.05) is 30.7 Å². The van der Waals surface area contributed by atoms with Gasteiger partial charge in [-0.05, 0) is 44.7 Å². The fourth-order valence-electron chi connectivity index (χ4n) is 1.71. The number of carbonyl (C=O) groups excluding carboxylic acids is 1. The quantitative estimate of drug-likeness (QED) is 0.784. The van der Waals surface area contributed by atoms with Gasteiger partial charge in [-0.15, -0.1) is 0 Å². The number of aromatic nitrogens is 1. The molecule has 1 aromatic rings. The Labute approximate surface area is 96.0 Å². The molecule has 88 valence electrons. The van der Waals surface area contributed by atoms with Crippen molar-refractivity contribution >= 4 is 5.91 Å². The summed E-state index contributed by atoms with van der Waals surface area (Å²) in [5.74, 6) is 0.804. The van der Waals surface area contributed by atoms with Gasteiger partial charge in [0.15, 0.2) is 0 Å². The molecule has 1 aliphatic rings. The second-order valence-electron chi connectivity index (χ2n) is 4.53. The topological polar surface area (TPSA) is 46.1 Å². The van der Waals surface area contributed by atoms with Crippen LogP contribution in [0.1, 0.15) is 24.2 Å². The molecule has 0 unspecified atom stereocenters. The van der Waals surface area contributed by atoms with Gasteiger partial charge in [0.05, 0.1) is 0 Å². The van der Waals surface area contributed by atoms with Crippen LogP contribution in [0, 0.1) is 19.8 Å². The van der Waals surface area contributed by atoms with Gasteiger partial charge in [0.2, 0.25) is 5.91 Å². The Morgan fingerprint density at radius 2 is 2.00 bits per heavy atom. The molecule has 1 fully saturated rings. The molecule has 2 N–H and O–H groups in total. The molecule has 0 aromatic carbocycles. The molecule has 0 radical (unpaired) electrons. The molecular formula is C12H19N3O. The van der Waals surface area contributed by atoms with E-state index in [1.165, 1.54) is 12.8 Å². The highest BCUT2D eigenvalue weighted by atomic mass is 16.2. The predicted molar refractivity (Wildman–Crippen MR) is 63.9 cm³/mol. The zero-order chi connectivity index (χ0) is 11.5. The molecule has 2 rings (SSSR count). The van der Waals surface area contributed by atoms with Crippen LogP contribution >= 0.6 is 0 Å². The minimum atomic E-state index is 0.0689. The summed E-state index contributed by atoms with van der Waals surface area (Å²) < 4.78 is 1.94. The Bertz CT molecular complexity index is 360. The third kappa shape index (κ3) is 2.78. The smallest absolute Gasteiger partial charge is 0.240 e. The SMILES string of the molecule is Cc1ccc(C)n1NCC(=O)NCC1CC1. The van der Waals surface area contributed by atoms with Gasteiger partial charge >= 0.3 is 0 Å². The number of amides is 1. The van der Waals surface area contributed by atoms with Gasteiger partial charge in [0, 0.05) is 17.9 Å². The van der Waals surface area contributed by atoms with E-state index >= 15 is 0 Å². The first-order valence-electron chi connectivity index (χ1n) is 5.82. The molecule has 1 heterocycles. The molecule has 1 aromatic heterocycles. The average Bonchev–Trinajstić information content (AvgIpc) is 3.02. The first-order valence-corrected chi connectivity index (χ1v) is 5.82. The van der Waals surface area contributed by atoms with Crippen molar-refractivity contribution in [2.75, 3.05) is 18.5 Å². The Kier molecular flexibility index (Phi) is 3.17. The Morgan fingerprint density at radius 1 is 1.38 bits per heavy atom. The van der Waals surface area contributed by atoms with Crippen molar-refractivity contribution < 1.29 is 4.79 Å². The van der Waals surface area contributed by atoms with Gasteiger partial charge in [-0.3, -0.25) is 9.47 Å². The van der Waals surface area contributed by atoms with Crippen molar-refractivity contribution in [2.24, 2.45) is 5.92 Å². The van der Waals surface area contributed by atoms with Gasteiger partial charge < -0.3 is 10.7 Å². The van der Waals surface area contributed by atoms with Crippen LogP contribution in [0.4, 0.5) is 0 Å². The lowest BCUT2D eigenvalue weighted by molar-refractivity contribution is -0.119. The molecule has 0 atom stereocenters. The molecule has 4 heteroatoms. The summed E-state index contributed by atoms with van der Waals surface area (Å²) in [7, 11) is 0. The van der Waals surface area contributed by atoms with Crippen LogP contribution in [0.25, 0.3) is 0 Å². The number of nitrogens with one attached hydrogen (secondary N) is 2. The van der Waals surface area contributed by atoms with E-state index in [4.69, 9.17) is 0 Å². The first-order chi connectivity index (χ1) is 7.66. The van der Waals surface area contributed by atoms with E-state index in [0.717, 1.165) is 23.9 Å². The van der Waals surface area contributed by atoms with Gasteiger partial charge in [0.1, 0.15) is 6.54 Å². The number of hydrogen-bond donors (Lipinski definition) is 2. The third-order valence-electron chi connectivity index (χ3n) is 2.95. The zero-order valence-electron chi connectivity index (χ0n) is 9.92. The second kappa shape index (κ2) is 4.60. The van der Waals surface area contributed by atoms with Crippen LogP contribution in [0.3, 0.4) is 0 Å². The lowest BCUT2D eigenvalue weighted by Crippen LogP contribution is -2.34. The summed E-state index contributed by atoms with van der Waals surface area (Å²) in [5.41, 5.74) is 5.35. The van der Waals surface area contributed by atoms with E-state index in [1.54, 1.807) is 0 Å². The summed E-state index contributed by atoms with van der Waals surface area (Å²) in [6.07, 6.45) is 2.53. The largest absolute Gasteiger partial charge is 0.354 e. The summed E-state index contributed by atoms with van der Waals surface area (Å²) in [6.45, 7) is 5.21. The number of hydrogen-bond acceptors (Lipinski definition) is 2. The van der Waals surface area contributed by atoms with Crippen LogP contribution in [0.2, 0.25) is 0 Å². The highest BCUT2D eigenvalue weighted by Gasteiger charge is 2.21. The molecule has 0 saturated heterocycles. The number of carbonyl (C=O) groups is 1. The fourth-order valence-corrected chi connectivity index (χ4v) is 1.71. The summed E-state index contributed by atoms with van der Waals surface area (Å²) in [6, 6.07) is 4.06. The molecule has 16 heavy (non-hydrogen) atoms. The van der Waals surface area contributed by atoms with Gasteiger partial charge in [-0.25, -0.2) is 0 Å². The molecule has 0 aliphatic heterocycles. The summed E-state index contributed by atoms with van der Waals surface area (Å²) in [5, 5.41) is 2.93. The fraction of sp³-hybridized carbons (Fsp3) is 0.583. The average molecular weight is 221 g/mol. The number of rotatable bonds is 5. The van der Waals surface area contributed by atoms with Crippen molar-refractivity contribution in [3.05, 3.63) is 23.5 Å². The summed E-state index contributed by atoms with van der Waals surface area (Å²) in [4.78, 5) is 11.5. The van der Waals surface area contributed by atoms with E-state index in [2.05, 4.69) is 10.7 Å². The minimum absolute atomic E-state index is 0.0689. The van der Waals surface area contributed by atoms with E-state index in [9.17, 15) is 4.79 Å². The third-order valence-corrected chi connectivity index (χ3v) is 2.95. The van der Waals surface area contributed by atoms with Crippen LogP contribution in [-0.4, -0.2) is 23.7 Å². The maximum Gasteiger partial charge on any atom is 0.240 e. The summed E-state index contributed by atoms with van der Waals surface area (Å²) >= 11 is 0. The van der Waals surface area contributed by atoms with Gasteiger partial charge in [0.25, 0.3) is 0 Å². The number of aryl methyl sites for hydroxylation is 2. The molecule has 1 saturated carbocycles. The van der Waals surface area contributed by atoms with Crippen LogP contribution in [0.15, 0.2) is 12.1 Å². The van der Waals surface area contributed by atoms with Gasteiger partial charge in [-0.2, -0.15) is 0 Å².